The van der Waals surface area contributed by atoms with E-state index in [0.29, 0.717) is 25.4 Å². The Morgan fingerprint density at radius 2 is 2.00 bits per heavy atom. The molecule has 2 fully saturated rings. The summed E-state index contributed by atoms with van der Waals surface area (Å²) in [5.74, 6) is 0.0509. The van der Waals surface area contributed by atoms with E-state index >= 15 is 0 Å². The van der Waals surface area contributed by atoms with Crippen LogP contribution in [0, 0.1) is 11.3 Å². The highest BCUT2D eigenvalue weighted by Gasteiger charge is 2.28. The van der Waals surface area contributed by atoms with Gasteiger partial charge in [0.1, 0.15) is 0 Å². The second-order valence-corrected chi connectivity index (χ2v) is 6.20. The third-order valence-corrected chi connectivity index (χ3v) is 4.48. The van der Waals surface area contributed by atoms with E-state index in [1.165, 1.54) is 5.56 Å². The topological polar surface area (TPSA) is 65.8 Å². The summed E-state index contributed by atoms with van der Waals surface area (Å²) in [6, 6.07) is 9.84. The number of carbonyl (C=O) groups is 1. The summed E-state index contributed by atoms with van der Waals surface area (Å²) < 4.78 is 10.9. The number of nitrogens with zero attached hydrogens (tertiary/aromatic N) is 3. The van der Waals surface area contributed by atoms with Crippen LogP contribution in [0.2, 0.25) is 0 Å². The summed E-state index contributed by atoms with van der Waals surface area (Å²) in [5.41, 5.74) is 1.87. The Labute approximate surface area is 142 Å². The summed E-state index contributed by atoms with van der Waals surface area (Å²) in [5, 5.41) is 8.86. The van der Waals surface area contributed by atoms with Crippen LogP contribution in [0.3, 0.4) is 0 Å². The lowest BCUT2D eigenvalue weighted by molar-refractivity contribution is -0.157. The van der Waals surface area contributed by atoms with E-state index in [2.05, 4.69) is 11.0 Å². The van der Waals surface area contributed by atoms with Gasteiger partial charge in [-0.15, -0.1) is 0 Å². The zero-order chi connectivity index (χ0) is 16.8. The Hall–Kier alpha value is -1.94. The second kappa shape index (κ2) is 8.25. The number of benzene rings is 1. The molecule has 1 atom stereocenters. The molecule has 0 N–H and O–H groups in total. The molecule has 0 aromatic heterocycles. The van der Waals surface area contributed by atoms with E-state index in [9.17, 15) is 4.79 Å². The van der Waals surface area contributed by atoms with Crippen molar-refractivity contribution in [2.24, 2.45) is 0 Å². The molecule has 2 saturated heterocycles. The van der Waals surface area contributed by atoms with Gasteiger partial charge in [-0.05, 0) is 24.1 Å². The van der Waals surface area contributed by atoms with Crippen molar-refractivity contribution < 1.29 is 14.3 Å². The predicted molar refractivity (Wildman–Crippen MR) is 88.2 cm³/mol. The molecule has 2 heterocycles. The van der Waals surface area contributed by atoms with Gasteiger partial charge in [0, 0.05) is 32.7 Å². The molecule has 3 rings (SSSR count). The summed E-state index contributed by atoms with van der Waals surface area (Å²) in [6.07, 6.45) is 0.513. The van der Waals surface area contributed by atoms with Gasteiger partial charge in [-0.2, -0.15) is 5.26 Å². The lowest BCUT2D eigenvalue weighted by atomic mass is 10.1. The van der Waals surface area contributed by atoms with Crippen LogP contribution >= 0.6 is 0 Å². The van der Waals surface area contributed by atoms with Gasteiger partial charge in [0.05, 0.1) is 31.5 Å². The number of rotatable bonds is 3. The number of amides is 1. The highest BCUT2D eigenvalue weighted by Crippen LogP contribution is 2.12. The fourth-order valence-electron chi connectivity index (χ4n) is 3.13. The van der Waals surface area contributed by atoms with Crippen molar-refractivity contribution in [3.05, 3.63) is 35.4 Å². The van der Waals surface area contributed by atoms with Crippen molar-refractivity contribution in [2.45, 2.75) is 19.1 Å². The van der Waals surface area contributed by atoms with Crippen LogP contribution in [0.4, 0.5) is 0 Å². The average Bonchev–Trinajstić information content (AvgIpc) is 2.88. The Morgan fingerprint density at radius 3 is 2.71 bits per heavy atom. The van der Waals surface area contributed by atoms with Crippen LogP contribution in [-0.4, -0.2) is 67.8 Å². The molecule has 2 aliphatic rings. The van der Waals surface area contributed by atoms with Gasteiger partial charge in [0.25, 0.3) is 5.91 Å². The number of hydrogen-bond donors (Lipinski definition) is 0. The average molecular weight is 329 g/mol. The monoisotopic (exact) mass is 329 g/mol. The molecule has 6 heteroatoms. The maximum atomic E-state index is 12.5. The van der Waals surface area contributed by atoms with E-state index in [0.717, 1.165) is 39.1 Å². The third-order valence-electron chi connectivity index (χ3n) is 4.48. The molecule has 0 unspecified atom stereocenters. The van der Waals surface area contributed by atoms with Gasteiger partial charge in [0.15, 0.2) is 6.10 Å². The molecule has 0 saturated carbocycles. The molecule has 0 spiro atoms. The largest absolute Gasteiger partial charge is 0.376 e. The van der Waals surface area contributed by atoms with Crippen LogP contribution in [-0.2, 0) is 20.8 Å². The maximum Gasteiger partial charge on any atom is 0.254 e. The molecular formula is C18H23N3O3. The fourth-order valence-corrected chi connectivity index (χ4v) is 3.13. The minimum atomic E-state index is -0.441. The van der Waals surface area contributed by atoms with Gasteiger partial charge in [-0.25, -0.2) is 0 Å². The van der Waals surface area contributed by atoms with Crippen molar-refractivity contribution >= 4 is 5.91 Å². The lowest BCUT2D eigenvalue weighted by Crippen LogP contribution is -2.46. The number of carbonyl (C=O) groups excluding carboxylic acids is 1. The van der Waals surface area contributed by atoms with E-state index in [-0.39, 0.29) is 5.91 Å². The maximum absolute atomic E-state index is 12.5. The molecule has 0 bridgehead atoms. The van der Waals surface area contributed by atoms with Crippen LogP contribution in [0.5, 0.6) is 0 Å². The van der Waals surface area contributed by atoms with Crippen LogP contribution in [0.15, 0.2) is 24.3 Å². The van der Waals surface area contributed by atoms with Gasteiger partial charge < -0.3 is 14.4 Å². The first-order chi connectivity index (χ1) is 11.8. The Balaban J connectivity index is 1.52. The molecule has 24 heavy (non-hydrogen) atoms. The highest BCUT2D eigenvalue weighted by atomic mass is 16.6. The van der Waals surface area contributed by atoms with Crippen molar-refractivity contribution in [1.82, 2.24) is 9.80 Å². The Morgan fingerprint density at radius 1 is 1.17 bits per heavy atom. The molecular weight excluding hydrogens is 306 g/mol. The summed E-state index contributed by atoms with van der Waals surface area (Å²) >= 11 is 0. The van der Waals surface area contributed by atoms with Gasteiger partial charge in [-0.1, -0.05) is 12.1 Å². The molecule has 128 valence electrons. The molecule has 0 radical (unpaired) electrons. The molecule has 1 aromatic rings. The highest BCUT2D eigenvalue weighted by molar-refractivity contribution is 5.81. The smallest absolute Gasteiger partial charge is 0.254 e. The van der Waals surface area contributed by atoms with E-state index < -0.39 is 6.10 Å². The first-order valence-electron chi connectivity index (χ1n) is 8.46. The quantitative estimate of drug-likeness (QED) is 0.828. The molecule has 2 aliphatic heterocycles. The lowest BCUT2D eigenvalue weighted by Gasteiger charge is -2.28. The zero-order valence-electron chi connectivity index (χ0n) is 13.8. The van der Waals surface area contributed by atoms with Crippen molar-refractivity contribution in [3.8, 4) is 6.07 Å². The van der Waals surface area contributed by atoms with Crippen molar-refractivity contribution in [1.29, 1.82) is 5.26 Å². The van der Waals surface area contributed by atoms with E-state index in [4.69, 9.17) is 14.7 Å². The van der Waals surface area contributed by atoms with E-state index in [1.54, 1.807) is 0 Å². The number of nitriles is 1. The van der Waals surface area contributed by atoms with Crippen molar-refractivity contribution in [3.63, 3.8) is 0 Å². The Kier molecular flexibility index (Phi) is 5.81. The summed E-state index contributed by atoms with van der Waals surface area (Å²) in [7, 11) is 0. The Bertz CT molecular complexity index is 591. The normalized spacial score (nSPS) is 22.6. The molecule has 6 nitrogen and oxygen atoms in total. The number of hydrogen-bond acceptors (Lipinski definition) is 5. The molecule has 0 aliphatic carbocycles. The van der Waals surface area contributed by atoms with Crippen LogP contribution in [0.25, 0.3) is 0 Å². The van der Waals surface area contributed by atoms with Crippen molar-refractivity contribution in [2.75, 3.05) is 46.0 Å². The standard InChI is InChI=1S/C18H23N3O3/c19-12-15-2-4-16(5-3-15)13-20-6-1-7-21(9-8-20)18(22)17-14-23-10-11-24-17/h2-5,17H,1,6-11,13-14H2/t17-/m0/s1. The van der Waals surface area contributed by atoms with Gasteiger partial charge in [0.2, 0.25) is 0 Å². The first-order valence-corrected chi connectivity index (χ1v) is 8.46. The predicted octanol–water partition coefficient (Wildman–Crippen LogP) is 1.01. The van der Waals surface area contributed by atoms with Gasteiger partial charge >= 0.3 is 0 Å². The third kappa shape index (κ3) is 4.32. The van der Waals surface area contributed by atoms with Crippen LogP contribution in [0.1, 0.15) is 17.5 Å². The zero-order valence-corrected chi connectivity index (χ0v) is 13.8. The van der Waals surface area contributed by atoms with Gasteiger partial charge in [-0.3, -0.25) is 9.69 Å². The summed E-state index contributed by atoms with van der Waals surface area (Å²) in [6.45, 7) is 5.57. The van der Waals surface area contributed by atoms with Crippen LogP contribution < -0.4 is 0 Å². The minimum Gasteiger partial charge on any atom is -0.376 e. The molecule has 1 amide bonds. The minimum absolute atomic E-state index is 0.0509. The fraction of sp³-hybridized carbons (Fsp3) is 0.556. The molecule has 1 aromatic carbocycles. The SMILES string of the molecule is N#Cc1ccc(CN2CCCN(C(=O)[C@@H]3COCCO3)CC2)cc1. The summed E-state index contributed by atoms with van der Waals surface area (Å²) in [4.78, 5) is 16.8. The van der Waals surface area contributed by atoms with E-state index in [1.807, 2.05) is 29.2 Å². The number of ether oxygens (including phenoxy) is 2. The first kappa shape index (κ1) is 16.9. The second-order valence-electron chi connectivity index (χ2n) is 6.20.